The molecule has 1 rings (SSSR count). The summed E-state index contributed by atoms with van der Waals surface area (Å²) in [7, 11) is -3.12. The smallest absolute Gasteiger partial charge is 0.243 e. The van der Waals surface area contributed by atoms with Crippen LogP contribution in [0.4, 0.5) is 0 Å². The van der Waals surface area contributed by atoms with Crippen molar-refractivity contribution in [3.8, 4) is 0 Å². The van der Waals surface area contributed by atoms with E-state index >= 15 is 0 Å². The maximum Gasteiger partial charge on any atom is 0.243 e. The third kappa shape index (κ3) is 3.08. The van der Waals surface area contributed by atoms with Crippen molar-refractivity contribution in [1.82, 2.24) is 10.1 Å². The first-order valence-electron chi connectivity index (χ1n) is 4.18. The predicted octanol–water partition coefficient (Wildman–Crippen LogP) is 0.0240. The lowest BCUT2D eigenvalue weighted by molar-refractivity contribution is 0.349. The molecule has 0 saturated heterocycles. The van der Waals surface area contributed by atoms with Crippen LogP contribution in [0, 0.1) is 0 Å². The summed E-state index contributed by atoms with van der Waals surface area (Å²) in [6.45, 7) is 1.88. The molecular weight excluding hydrogens is 206 g/mol. The summed E-state index contributed by atoms with van der Waals surface area (Å²) in [4.78, 5) is 3.88. The molecule has 1 heterocycles. The Balaban J connectivity index is 2.79. The largest absolute Gasteiger partial charge is 0.338 e. The lowest BCUT2D eigenvalue weighted by atomic mass is 10.2. The van der Waals surface area contributed by atoms with E-state index in [1.165, 1.54) is 0 Å². The van der Waals surface area contributed by atoms with E-state index in [1.54, 1.807) is 0 Å². The Morgan fingerprint density at radius 1 is 1.57 bits per heavy atom. The van der Waals surface area contributed by atoms with Crippen LogP contribution in [0.3, 0.4) is 0 Å². The van der Waals surface area contributed by atoms with E-state index in [0.29, 0.717) is 6.42 Å². The summed E-state index contributed by atoms with van der Waals surface area (Å²) < 4.78 is 26.6. The van der Waals surface area contributed by atoms with Gasteiger partial charge in [0, 0.05) is 6.26 Å². The van der Waals surface area contributed by atoms with Crippen LogP contribution in [-0.4, -0.2) is 24.8 Å². The Hall–Kier alpha value is -0.950. The molecule has 0 fully saturated rings. The van der Waals surface area contributed by atoms with Gasteiger partial charge in [0.1, 0.15) is 5.75 Å². The van der Waals surface area contributed by atoms with Crippen LogP contribution in [0.2, 0.25) is 0 Å². The average molecular weight is 219 g/mol. The van der Waals surface area contributed by atoms with E-state index in [2.05, 4.69) is 10.1 Å². The van der Waals surface area contributed by atoms with Crippen LogP contribution in [0.25, 0.3) is 0 Å². The number of nitrogens with zero attached hydrogens (tertiary/aromatic N) is 2. The van der Waals surface area contributed by atoms with Crippen LogP contribution in [-0.2, 0) is 15.6 Å². The van der Waals surface area contributed by atoms with Gasteiger partial charge in [0.2, 0.25) is 5.89 Å². The number of hydrogen-bond acceptors (Lipinski definition) is 6. The van der Waals surface area contributed by atoms with Crippen molar-refractivity contribution in [3.05, 3.63) is 11.7 Å². The third-order valence-corrected chi connectivity index (χ3v) is 2.41. The van der Waals surface area contributed by atoms with Crippen LogP contribution < -0.4 is 5.73 Å². The lowest BCUT2D eigenvalue weighted by Gasteiger charge is -1.98. The van der Waals surface area contributed by atoms with E-state index in [0.717, 1.165) is 6.26 Å². The fraction of sp³-hybridized carbons (Fsp3) is 0.714. The van der Waals surface area contributed by atoms with Gasteiger partial charge in [-0.1, -0.05) is 12.1 Å². The molecule has 0 aromatic carbocycles. The second kappa shape index (κ2) is 4.05. The van der Waals surface area contributed by atoms with Crippen molar-refractivity contribution in [3.63, 3.8) is 0 Å². The average Bonchev–Trinajstić information content (AvgIpc) is 2.48. The van der Waals surface area contributed by atoms with Gasteiger partial charge in [-0.05, 0) is 6.42 Å². The van der Waals surface area contributed by atoms with Crippen molar-refractivity contribution < 1.29 is 12.9 Å². The summed E-state index contributed by atoms with van der Waals surface area (Å²) >= 11 is 0. The van der Waals surface area contributed by atoms with Gasteiger partial charge in [0.25, 0.3) is 0 Å². The molecule has 1 aromatic rings. The van der Waals surface area contributed by atoms with Gasteiger partial charge in [-0.15, -0.1) is 0 Å². The van der Waals surface area contributed by atoms with Crippen LogP contribution in [0.5, 0.6) is 0 Å². The fourth-order valence-electron chi connectivity index (χ4n) is 0.886. The van der Waals surface area contributed by atoms with Gasteiger partial charge in [-0.25, -0.2) is 8.42 Å². The van der Waals surface area contributed by atoms with Gasteiger partial charge in [0.05, 0.1) is 6.04 Å². The summed E-state index contributed by atoms with van der Waals surface area (Å²) in [6.07, 6.45) is 1.78. The number of nitrogens with two attached hydrogens (primary N) is 1. The highest BCUT2D eigenvalue weighted by molar-refractivity contribution is 7.89. The summed E-state index contributed by atoms with van der Waals surface area (Å²) in [6, 6.07) is -0.323. The van der Waals surface area contributed by atoms with Gasteiger partial charge in [0.15, 0.2) is 15.7 Å². The minimum atomic E-state index is -3.12. The van der Waals surface area contributed by atoms with Crippen molar-refractivity contribution in [2.24, 2.45) is 5.73 Å². The van der Waals surface area contributed by atoms with Crippen LogP contribution in [0.1, 0.15) is 31.1 Å². The maximum atomic E-state index is 10.9. The first-order chi connectivity index (χ1) is 6.42. The number of hydrogen-bond donors (Lipinski definition) is 1. The molecule has 0 spiro atoms. The molecule has 1 aromatic heterocycles. The van der Waals surface area contributed by atoms with Crippen LogP contribution in [0.15, 0.2) is 4.52 Å². The monoisotopic (exact) mass is 219 g/mol. The molecule has 1 atom stereocenters. The van der Waals surface area contributed by atoms with E-state index in [9.17, 15) is 8.42 Å². The molecule has 80 valence electrons. The molecule has 0 aliphatic carbocycles. The molecule has 0 amide bonds. The summed E-state index contributed by atoms with van der Waals surface area (Å²) in [5, 5.41) is 3.53. The summed E-state index contributed by atoms with van der Waals surface area (Å²) in [5.41, 5.74) is 5.63. The van der Waals surface area contributed by atoms with Crippen molar-refractivity contribution in [1.29, 1.82) is 0 Å². The minimum absolute atomic E-state index is 0.159. The molecule has 0 bridgehead atoms. The van der Waals surface area contributed by atoms with E-state index in [1.807, 2.05) is 6.92 Å². The Morgan fingerprint density at radius 2 is 2.21 bits per heavy atom. The third-order valence-electron chi connectivity index (χ3n) is 1.63. The maximum absolute atomic E-state index is 10.9. The second-order valence-electron chi connectivity index (χ2n) is 3.13. The molecule has 0 radical (unpaired) electrons. The Labute approximate surface area is 82.4 Å². The van der Waals surface area contributed by atoms with Gasteiger partial charge in [-0.2, -0.15) is 4.98 Å². The molecular formula is C7H13N3O3S. The van der Waals surface area contributed by atoms with Crippen molar-refractivity contribution in [2.75, 3.05) is 6.26 Å². The second-order valence-corrected chi connectivity index (χ2v) is 5.27. The van der Waals surface area contributed by atoms with E-state index in [4.69, 9.17) is 10.3 Å². The summed E-state index contributed by atoms with van der Waals surface area (Å²) in [5.74, 6) is 0.227. The highest BCUT2D eigenvalue weighted by Crippen LogP contribution is 2.11. The molecule has 2 N–H and O–H groups in total. The zero-order chi connectivity index (χ0) is 10.8. The van der Waals surface area contributed by atoms with E-state index in [-0.39, 0.29) is 23.5 Å². The lowest BCUT2D eigenvalue weighted by Crippen LogP contribution is -2.09. The molecule has 0 aliphatic heterocycles. The minimum Gasteiger partial charge on any atom is -0.338 e. The molecule has 0 saturated carbocycles. The molecule has 7 heteroatoms. The highest BCUT2D eigenvalue weighted by atomic mass is 32.2. The molecule has 0 unspecified atom stereocenters. The first-order valence-corrected chi connectivity index (χ1v) is 6.24. The molecule has 14 heavy (non-hydrogen) atoms. The molecule has 6 nitrogen and oxygen atoms in total. The SMILES string of the molecule is CC[C@H](N)c1nc(CS(C)(=O)=O)no1. The fourth-order valence-corrected chi connectivity index (χ4v) is 1.47. The molecule has 0 aliphatic rings. The Bertz CT molecular complexity index is 398. The number of aromatic nitrogens is 2. The van der Waals surface area contributed by atoms with E-state index < -0.39 is 9.84 Å². The Kier molecular flexibility index (Phi) is 3.22. The van der Waals surface area contributed by atoms with Crippen molar-refractivity contribution in [2.45, 2.75) is 25.1 Å². The zero-order valence-corrected chi connectivity index (χ0v) is 8.91. The normalized spacial score (nSPS) is 14.2. The van der Waals surface area contributed by atoms with Gasteiger partial charge in [-0.3, -0.25) is 0 Å². The standard InChI is InChI=1S/C7H13N3O3S/c1-3-5(8)7-9-6(10-13-7)4-14(2,11)12/h5H,3-4,8H2,1-2H3/t5-/m0/s1. The predicted molar refractivity (Wildman–Crippen MR) is 50.1 cm³/mol. The quantitative estimate of drug-likeness (QED) is 0.766. The Morgan fingerprint density at radius 3 is 2.71 bits per heavy atom. The van der Waals surface area contributed by atoms with Crippen LogP contribution >= 0.6 is 0 Å². The van der Waals surface area contributed by atoms with Crippen molar-refractivity contribution >= 4 is 9.84 Å². The first kappa shape index (κ1) is 11.1. The highest BCUT2D eigenvalue weighted by Gasteiger charge is 2.15. The number of sulfone groups is 1. The van der Waals surface area contributed by atoms with Gasteiger partial charge >= 0.3 is 0 Å². The van der Waals surface area contributed by atoms with Gasteiger partial charge < -0.3 is 10.3 Å². The zero-order valence-electron chi connectivity index (χ0n) is 8.10. The number of rotatable bonds is 4. The topological polar surface area (TPSA) is 99.1 Å².